The third-order valence-electron chi connectivity index (χ3n) is 3.12. The Kier molecular flexibility index (Phi) is 4.57. The molecule has 8 nitrogen and oxygen atoms in total. The second-order valence-electron chi connectivity index (χ2n) is 5.16. The quantitative estimate of drug-likeness (QED) is 0.671. The van der Waals surface area contributed by atoms with E-state index in [9.17, 15) is 13.2 Å². The monoisotopic (exact) mass is 362 g/mol. The maximum Gasteiger partial charge on any atom is 0.340 e. The molecule has 0 spiro atoms. The lowest BCUT2D eigenvalue weighted by Crippen LogP contribution is -2.14. The SMILES string of the molecule is CS(=O)(=O)Nc1ccccc1C(=O)OCc1cc(-c2ccco2)on1. The number of carbonyl (C=O) groups excluding carboxylic acids is 1. The number of sulfonamides is 1. The molecule has 0 unspecified atom stereocenters. The molecule has 0 bridgehead atoms. The van der Waals surface area contributed by atoms with Crippen LogP contribution in [-0.2, 0) is 21.4 Å². The minimum absolute atomic E-state index is 0.0997. The average molecular weight is 362 g/mol. The van der Waals surface area contributed by atoms with Crippen molar-refractivity contribution in [3.63, 3.8) is 0 Å². The van der Waals surface area contributed by atoms with Gasteiger partial charge in [0.25, 0.3) is 0 Å². The summed E-state index contributed by atoms with van der Waals surface area (Å²) in [7, 11) is -3.52. The molecule has 0 amide bonds. The molecule has 25 heavy (non-hydrogen) atoms. The first-order valence-corrected chi connectivity index (χ1v) is 9.05. The lowest BCUT2D eigenvalue weighted by Gasteiger charge is -2.09. The molecule has 0 aliphatic rings. The summed E-state index contributed by atoms with van der Waals surface area (Å²) in [6.07, 6.45) is 2.50. The Balaban J connectivity index is 1.69. The Morgan fingerprint density at radius 2 is 2.00 bits per heavy atom. The molecule has 0 fully saturated rings. The van der Waals surface area contributed by atoms with Gasteiger partial charge >= 0.3 is 5.97 Å². The average Bonchev–Trinajstić information content (AvgIpc) is 3.23. The Hall–Kier alpha value is -3.07. The topological polar surface area (TPSA) is 112 Å². The molecule has 0 aliphatic carbocycles. The second kappa shape index (κ2) is 6.81. The summed E-state index contributed by atoms with van der Waals surface area (Å²) in [4.78, 5) is 12.2. The van der Waals surface area contributed by atoms with Crippen molar-refractivity contribution in [2.24, 2.45) is 0 Å². The molecule has 0 saturated heterocycles. The van der Waals surface area contributed by atoms with Crippen LogP contribution in [0.15, 0.2) is 57.7 Å². The fraction of sp³-hybridized carbons (Fsp3) is 0.125. The Morgan fingerprint density at radius 3 is 2.72 bits per heavy atom. The van der Waals surface area contributed by atoms with Crippen LogP contribution in [0.25, 0.3) is 11.5 Å². The van der Waals surface area contributed by atoms with E-state index in [1.165, 1.54) is 18.4 Å². The number of carbonyl (C=O) groups is 1. The highest BCUT2D eigenvalue weighted by molar-refractivity contribution is 7.92. The van der Waals surface area contributed by atoms with Crippen molar-refractivity contribution >= 4 is 21.7 Å². The van der Waals surface area contributed by atoms with E-state index < -0.39 is 16.0 Å². The lowest BCUT2D eigenvalue weighted by molar-refractivity contribution is 0.0465. The van der Waals surface area contributed by atoms with E-state index in [1.807, 2.05) is 0 Å². The van der Waals surface area contributed by atoms with Gasteiger partial charge in [-0.05, 0) is 24.3 Å². The first-order chi connectivity index (χ1) is 11.9. The summed E-state index contributed by atoms with van der Waals surface area (Å²) < 4.78 is 40.5. The van der Waals surface area contributed by atoms with E-state index in [4.69, 9.17) is 13.7 Å². The van der Waals surface area contributed by atoms with Gasteiger partial charge < -0.3 is 13.7 Å². The first-order valence-electron chi connectivity index (χ1n) is 7.16. The molecule has 2 heterocycles. The Labute approximate surface area is 143 Å². The van der Waals surface area contributed by atoms with E-state index in [2.05, 4.69) is 9.88 Å². The lowest BCUT2D eigenvalue weighted by atomic mass is 10.2. The van der Waals surface area contributed by atoms with E-state index in [0.29, 0.717) is 17.2 Å². The smallest absolute Gasteiger partial charge is 0.340 e. The summed E-state index contributed by atoms with van der Waals surface area (Å²) in [5.41, 5.74) is 0.641. The van der Waals surface area contributed by atoms with Crippen LogP contribution in [0.1, 0.15) is 16.1 Å². The van der Waals surface area contributed by atoms with Gasteiger partial charge in [0.05, 0.1) is 23.8 Å². The van der Waals surface area contributed by atoms with Crippen molar-refractivity contribution in [1.82, 2.24) is 5.16 Å². The molecule has 3 aromatic rings. The molecular weight excluding hydrogens is 348 g/mol. The molecule has 0 saturated carbocycles. The van der Waals surface area contributed by atoms with E-state index in [1.54, 1.807) is 30.3 Å². The minimum Gasteiger partial charge on any atom is -0.461 e. The number of esters is 1. The van der Waals surface area contributed by atoms with Gasteiger partial charge in [0.1, 0.15) is 12.3 Å². The maximum absolute atomic E-state index is 12.2. The van der Waals surface area contributed by atoms with Crippen molar-refractivity contribution in [3.05, 3.63) is 60.0 Å². The fourth-order valence-electron chi connectivity index (χ4n) is 2.08. The molecule has 2 aromatic heterocycles. The highest BCUT2D eigenvalue weighted by Gasteiger charge is 2.16. The molecule has 0 radical (unpaired) electrons. The molecule has 1 aromatic carbocycles. The number of para-hydroxylation sites is 1. The van der Waals surface area contributed by atoms with Gasteiger partial charge in [-0.1, -0.05) is 17.3 Å². The number of nitrogens with one attached hydrogen (secondary N) is 1. The van der Waals surface area contributed by atoms with Crippen LogP contribution in [-0.4, -0.2) is 25.8 Å². The van der Waals surface area contributed by atoms with Crippen LogP contribution in [0.3, 0.4) is 0 Å². The molecule has 0 aliphatic heterocycles. The van der Waals surface area contributed by atoms with Crippen molar-refractivity contribution in [2.45, 2.75) is 6.61 Å². The van der Waals surface area contributed by atoms with Crippen LogP contribution in [0, 0.1) is 0 Å². The van der Waals surface area contributed by atoms with Gasteiger partial charge in [-0.2, -0.15) is 0 Å². The largest absolute Gasteiger partial charge is 0.461 e. The molecule has 130 valence electrons. The third kappa shape index (κ3) is 4.27. The number of rotatable bonds is 6. The zero-order valence-corrected chi connectivity index (χ0v) is 13.9. The van der Waals surface area contributed by atoms with Crippen LogP contribution >= 0.6 is 0 Å². The predicted molar refractivity (Wildman–Crippen MR) is 88.2 cm³/mol. The van der Waals surface area contributed by atoms with Crippen LogP contribution < -0.4 is 4.72 Å². The van der Waals surface area contributed by atoms with E-state index in [0.717, 1.165) is 6.26 Å². The summed E-state index contributed by atoms with van der Waals surface area (Å²) in [5, 5.41) is 3.80. The molecule has 1 N–H and O–H groups in total. The van der Waals surface area contributed by atoms with Crippen molar-refractivity contribution in [2.75, 3.05) is 11.0 Å². The number of hydrogen-bond donors (Lipinski definition) is 1. The first kappa shape index (κ1) is 16.8. The predicted octanol–water partition coefficient (Wildman–Crippen LogP) is 2.66. The Morgan fingerprint density at radius 1 is 1.20 bits per heavy atom. The van der Waals surface area contributed by atoms with Gasteiger partial charge in [-0.3, -0.25) is 4.72 Å². The fourth-order valence-corrected chi connectivity index (χ4v) is 2.66. The van der Waals surface area contributed by atoms with Gasteiger partial charge in [-0.15, -0.1) is 0 Å². The highest BCUT2D eigenvalue weighted by atomic mass is 32.2. The molecule has 9 heteroatoms. The number of anilines is 1. The molecular formula is C16H14N2O6S. The Bertz CT molecular complexity index is 976. The maximum atomic E-state index is 12.2. The zero-order valence-electron chi connectivity index (χ0n) is 13.1. The van der Waals surface area contributed by atoms with Gasteiger partial charge in [0.2, 0.25) is 15.8 Å². The van der Waals surface area contributed by atoms with Crippen molar-refractivity contribution in [3.8, 4) is 11.5 Å². The summed E-state index contributed by atoms with van der Waals surface area (Å²) in [5.74, 6) is 0.234. The third-order valence-corrected chi connectivity index (χ3v) is 3.71. The van der Waals surface area contributed by atoms with Gasteiger partial charge in [0.15, 0.2) is 5.76 Å². The number of ether oxygens (including phenoxy) is 1. The summed E-state index contributed by atoms with van der Waals surface area (Å²) in [6.45, 7) is -0.129. The van der Waals surface area contributed by atoms with Crippen LogP contribution in [0.5, 0.6) is 0 Å². The highest BCUT2D eigenvalue weighted by Crippen LogP contribution is 2.22. The van der Waals surface area contributed by atoms with Crippen LogP contribution in [0.2, 0.25) is 0 Å². The number of hydrogen-bond acceptors (Lipinski definition) is 7. The zero-order chi connectivity index (χ0) is 17.9. The number of nitrogens with zero attached hydrogens (tertiary/aromatic N) is 1. The normalized spacial score (nSPS) is 11.2. The molecule has 3 rings (SSSR count). The van der Waals surface area contributed by atoms with Gasteiger partial charge in [0, 0.05) is 6.07 Å². The van der Waals surface area contributed by atoms with Crippen LogP contribution in [0.4, 0.5) is 5.69 Å². The second-order valence-corrected chi connectivity index (χ2v) is 6.90. The molecule has 0 atom stereocenters. The van der Waals surface area contributed by atoms with E-state index in [-0.39, 0.29) is 17.9 Å². The summed E-state index contributed by atoms with van der Waals surface area (Å²) >= 11 is 0. The standard InChI is InChI=1S/C16H14N2O6S/c1-25(20,21)18-13-6-3-2-5-12(13)16(19)23-10-11-9-15(24-17-11)14-7-4-8-22-14/h2-9,18H,10H2,1H3. The summed E-state index contributed by atoms with van der Waals surface area (Å²) in [6, 6.07) is 11.2. The van der Waals surface area contributed by atoms with Gasteiger partial charge in [-0.25, -0.2) is 13.2 Å². The van der Waals surface area contributed by atoms with Crippen molar-refractivity contribution < 1.29 is 26.9 Å². The number of aromatic nitrogens is 1. The minimum atomic E-state index is -3.52. The van der Waals surface area contributed by atoms with E-state index >= 15 is 0 Å². The van der Waals surface area contributed by atoms with Crippen molar-refractivity contribution in [1.29, 1.82) is 0 Å². The number of benzene rings is 1. The number of furan rings is 1.